The van der Waals surface area contributed by atoms with E-state index in [0.29, 0.717) is 19.6 Å². The maximum Gasteiger partial charge on any atom is 0.319 e. The number of piperazine rings is 1. The van der Waals surface area contributed by atoms with Gasteiger partial charge in [-0.15, -0.1) is 0 Å². The fourth-order valence-corrected chi connectivity index (χ4v) is 5.46. The van der Waals surface area contributed by atoms with Gasteiger partial charge in [0.1, 0.15) is 5.82 Å². The van der Waals surface area contributed by atoms with Gasteiger partial charge in [0.15, 0.2) is 9.84 Å². The first-order valence-corrected chi connectivity index (χ1v) is 9.49. The van der Waals surface area contributed by atoms with Gasteiger partial charge >= 0.3 is 6.03 Å². The highest BCUT2D eigenvalue weighted by molar-refractivity contribution is 7.91. The van der Waals surface area contributed by atoms with E-state index in [9.17, 15) is 13.2 Å². The van der Waals surface area contributed by atoms with Crippen LogP contribution in [0.2, 0.25) is 0 Å². The monoisotopic (exact) mass is 341 g/mol. The Hall–Kier alpha value is -1.61. The number of nitrogens with zero attached hydrogens (tertiary/aromatic N) is 5. The van der Waals surface area contributed by atoms with E-state index < -0.39 is 9.84 Å². The summed E-state index contributed by atoms with van der Waals surface area (Å²) in [6, 6.07) is -0.549. The minimum absolute atomic E-state index is 0.0499. The highest BCUT2D eigenvalue weighted by Crippen LogP contribution is 2.28. The van der Waals surface area contributed by atoms with E-state index in [2.05, 4.69) is 9.88 Å². The number of fused-ring (bicyclic) bond motifs is 1. The van der Waals surface area contributed by atoms with Crippen LogP contribution in [-0.4, -0.2) is 89.5 Å². The first kappa shape index (κ1) is 16.3. The maximum absolute atomic E-state index is 12.4. The van der Waals surface area contributed by atoms with E-state index in [1.54, 1.807) is 25.2 Å². The van der Waals surface area contributed by atoms with Crippen LogP contribution < -0.4 is 0 Å². The number of carbonyl (C=O) groups is 1. The summed E-state index contributed by atoms with van der Waals surface area (Å²) in [7, 11) is 2.19. The molecule has 2 aliphatic rings. The Morgan fingerprint density at radius 1 is 1.30 bits per heavy atom. The first-order chi connectivity index (χ1) is 10.8. The molecule has 2 saturated heterocycles. The van der Waals surface area contributed by atoms with Crippen molar-refractivity contribution in [2.45, 2.75) is 18.6 Å². The highest BCUT2D eigenvalue weighted by Gasteiger charge is 2.48. The standard InChI is InChI=1S/C14H23N5O3S/c1-16(2)14(20)19-7-6-18(8-13-15-4-5-17(13)3)11-9-23(21,22)10-12(11)19/h4-5,11-12H,6-10H2,1-3H3. The molecule has 9 heteroatoms. The molecule has 0 saturated carbocycles. The van der Waals surface area contributed by atoms with Crippen molar-refractivity contribution >= 4 is 15.9 Å². The van der Waals surface area contributed by atoms with E-state index in [4.69, 9.17) is 0 Å². The van der Waals surface area contributed by atoms with E-state index in [1.807, 2.05) is 17.8 Å². The normalized spacial score (nSPS) is 27.0. The second-order valence-corrected chi connectivity index (χ2v) is 8.66. The molecule has 1 aromatic heterocycles. The van der Waals surface area contributed by atoms with Crippen LogP contribution >= 0.6 is 0 Å². The number of imidazole rings is 1. The van der Waals surface area contributed by atoms with Crippen LogP contribution in [0.3, 0.4) is 0 Å². The van der Waals surface area contributed by atoms with Crippen LogP contribution in [0.4, 0.5) is 4.79 Å². The van der Waals surface area contributed by atoms with Gasteiger partial charge in [0.25, 0.3) is 0 Å². The molecule has 2 fully saturated rings. The number of hydrogen-bond acceptors (Lipinski definition) is 5. The second-order valence-electron chi connectivity index (χ2n) is 6.51. The quantitative estimate of drug-likeness (QED) is 0.717. The van der Waals surface area contributed by atoms with Crippen molar-refractivity contribution < 1.29 is 13.2 Å². The molecule has 0 spiro atoms. The van der Waals surface area contributed by atoms with Crippen molar-refractivity contribution in [3.05, 3.63) is 18.2 Å². The number of aromatic nitrogens is 2. The first-order valence-electron chi connectivity index (χ1n) is 7.67. The third kappa shape index (κ3) is 3.07. The maximum atomic E-state index is 12.4. The predicted molar refractivity (Wildman–Crippen MR) is 85.6 cm³/mol. The average Bonchev–Trinajstić information content (AvgIpc) is 3.01. The van der Waals surface area contributed by atoms with Crippen molar-refractivity contribution in [2.24, 2.45) is 7.05 Å². The Kier molecular flexibility index (Phi) is 4.09. The van der Waals surface area contributed by atoms with Gasteiger partial charge < -0.3 is 14.4 Å². The summed E-state index contributed by atoms with van der Waals surface area (Å²) in [5.74, 6) is 1.06. The molecule has 3 rings (SSSR count). The molecule has 0 aromatic carbocycles. The minimum atomic E-state index is -3.12. The fraction of sp³-hybridized carbons (Fsp3) is 0.714. The summed E-state index contributed by atoms with van der Waals surface area (Å²) in [5.41, 5.74) is 0. The Labute approximate surface area is 136 Å². The number of aryl methyl sites for hydroxylation is 1. The summed E-state index contributed by atoms with van der Waals surface area (Å²) in [5, 5.41) is 0. The van der Waals surface area contributed by atoms with Crippen molar-refractivity contribution in [3.63, 3.8) is 0 Å². The molecule has 0 aliphatic carbocycles. The molecule has 0 radical (unpaired) electrons. The molecule has 23 heavy (non-hydrogen) atoms. The summed E-state index contributed by atoms with van der Waals surface area (Å²) < 4.78 is 26.2. The average molecular weight is 341 g/mol. The lowest BCUT2D eigenvalue weighted by molar-refractivity contribution is 0.0501. The lowest BCUT2D eigenvalue weighted by atomic mass is 10.1. The van der Waals surface area contributed by atoms with Gasteiger partial charge in [-0.25, -0.2) is 18.2 Å². The largest absolute Gasteiger partial charge is 0.337 e. The number of urea groups is 1. The Morgan fingerprint density at radius 2 is 2.00 bits per heavy atom. The molecule has 0 bridgehead atoms. The van der Waals surface area contributed by atoms with E-state index >= 15 is 0 Å². The number of hydrogen-bond donors (Lipinski definition) is 0. The number of carbonyl (C=O) groups excluding carboxylic acids is 1. The third-order valence-corrected chi connectivity index (χ3v) is 6.38. The summed E-state index contributed by atoms with van der Waals surface area (Å²) >= 11 is 0. The molecule has 2 unspecified atom stereocenters. The topological polar surface area (TPSA) is 78.8 Å². The molecule has 128 valence electrons. The van der Waals surface area contributed by atoms with Gasteiger partial charge in [-0.3, -0.25) is 4.90 Å². The van der Waals surface area contributed by atoms with Gasteiger partial charge in [-0.1, -0.05) is 0 Å². The SMILES string of the molecule is CN(C)C(=O)N1CCN(Cc2nccn2C)C2CS(=O)(=O)CC21. The molecular weight excluding hydrogens is 318 g/mol. The van der Waals surface area contributed by atoms with Crippen LogP contribution in [-0.2, 0) is 23.4 Å². The van der Waals surface area contributed by atoms with Crippen molar-refractivity contribution in [2.75, 3.05) is 38.7 Å². The zero-order valence-corrected chi connectivity index (χ0v) is 14.5. The summed E-state index contributed by atoms with van der Waals surface area (Å²) in [6.45, 7) is 1.80. The van der Waals surface area contributed by atoms with Crippen LogP contribution in [0.25, 0.3) is 0 Å². The third-order valence-electron chi connectivity index (χ3n) is 4.68. The molecule has 2 aliphatic heterocycles. The van der Waals surface area contributed by atoms with Gasteiger partial charge in [-0.05, 0) is 0 Å². The van der Waals surface area contributed by atoms with E-state index in [1.165, 1.54) is 4.90 Å². The molecule has 2 amide bonds. The summed E-state index contributed by atoms with van der Waals surface area (Å²) in [6.07, 6.45) is 3.62. The van der Waals surface area contributed by atoms with Gasteiger partial charge in [-0.2, -0.15) is 0 Å². The second kappa shape index (κ2) is 5.79. The lowest BCUT2D eigenvalue weighted by Crippen LogP contribution is -2.61. The highest BCUT2D eigenvalue weighted by atomic mass is 32.2. The van der Waals surface area contributed by atoms with E-state index in [0.717, 1.165) is 5.82 Å². The molecular formula is C14H23N5O3S. The van der Waals surface area contributed by atoms with Gasteiger partial charge in [0.2, 0.25) is 0 Å². The Bertz CT molecular complexity index is 699. The molecule has 3 heterocycles. The van der Waals surface area contributed by atoms with Crippen molar-refractivity contribution in [1.82, 2.24) is 24.3 Å². The number of amides is 2. The van der Waals surface area contributed by atoms with Crippen LogP contribution in [0.15, 0.2) is 12.4 Å². The Morgan fingerprint density at radius 3 is 2.61 bits per heavy atom. The number of rotatable bonds is 2. The molecule has 2 atom stereocenters. The van der Waals surface area contributed by atoms with Gasteiger partial charge in [0, 0.05) is 52.7 Å². The van der Waals surface area contributed by atoms with Crippen LogP contribution in [0.5, 0.6) is 0 Å². The van der Waals surface area contributed by atoms with Gasteiger partial charge in [0.05, 0.1) is 24.1 Å². The lowest BCUT2D eigenvalue weighted by Gasteiger charge is -2.44. The van der Waals surface area contributed by atoms with E-state index in [-0.39, 0.29) is 29.6 Å². The van der Waals surface area contributed by atoms with Crippen molar-refractivity contribution in [3.8, 4) is 0 Å². The number of sulfone groups is 1. The molecule has 0 N–H and O–H groups in total. The zero-order valence-electron chi connectivity index (χ0n) is 13.7. The fourth-order valence-electron chi connectivity index (χ4n) is 3.45. The Balaban J connectivity index is 1.84. The molecule has 8 nitrogen and oxygen atoms in total. The smallest absolute Gasteiger partial charge is 0.319 e. The van der Waals surface area contributed by atoms with Crippen LogP contribution in [0.1, 0.15) is 5.82 Å². The van der Waals surface area contributed by atoms with Crippen molar-refractivity contribution in [1.29, 1.82) is 0 Å². The molecule has 1 aromatic rings. The minimum Gasteiger partial charge on any atom is -0.337 e. The summed E-state index contributed by atoms with van der Waals surface area (Å²) in [4.78, 5) is 22.0. The zero-order chi connectivity index (χ0) is 16.8. The van der Waals surface area contributed by atoms with Crippen LogP contribution in [0, 0.1) is 0 Å². The predicted octanol–water partition coefficient (Wildman–Crippen LogP) is -0.615.